The van der Waals surface area contributed by atoms with Crippen molar-refractivity contribution in [1.29, 1.82) is 0 Å². The number of rotatable bonds is 2. The summed E-state index contributed by atoms with van der Waals surface area (Å²) in [5, 5.41) is 2.69. The Balaban J connectivity index is 1.71. The molecule has 2 aliphatic carbocycles. The van der Waals surface area contributed by atoms with E-state index in [1.165, 1.54) is 55.2 Å². The van der Waals surface area contributed by atoms with Gasteiger partial charge in [-0.25, -0.2) is 0 Å². The number of fused-ring (bicyclic) bond motifs is 6. The minimum Gasteiger partial charge on any atom is -0.354 e. The van der Waals surface area contributed by atoms with E-state index < -0.39 is 0 Å². The highest BCUT2D eigenvalue weighted by Crippen LogP contribution is 2.58. The van der Waals surface area contributed by atoms with Crippen LogP contribution in [0.2, 0.25) is 0 Å². The summed E-state index contributed by atoms with van der Waals surface area (Å²) >= 11 is 0. The van der Waals surface area contributed by atoms with Gasteiger partial charge in [0.15, 0.2) is 0 Å². The number of allylic oxidation sites excluding steroid dienone is 4. The molecule has 2 aliphatic rings. The van der Waals surface area contributed by atoms with Gasteiger partial charge in [0.05, 0.1) is 5.41 Å². The van der Waals surface area contributed by atoms with E-state index in [1.54, 1.807) is 0 Å². The number of aromatic amines is 1. The van der Waals surface area contributed by atoms with Gasteiger partial charge in [-0.3, -0.25) is 0 Å². The highest BCUT2D eigenvalue weighted by Gasteiger charge is 2.47. The Bertz CT molecular complexity index is 1510. The van der Waals surface area contributed by atoms with E-state index in [0.717, 1.165) is 12.8 Å². The Morgan fingerprint density at radius 3 is 2.09 bits per heavy atom. The zero-order valence-electron chi connectivity index (χ0n) is 17.8. The molecule has 1 heterocycles. The van der Waals surface area contributed by atoms with Crippen molar-refractivity contribution < 1.29 is 0 Å². The first-order valence-electron chi connectivity index (χ1n) is 11.4. The SMILES string of the molecule is C1=CC2=C(CC1)c1c(ccc3[nH]c4ccccc4c13)C2(c1ccccc1)c1ccccc1. The van der Waals surface area contributed by atoms with Crippen LogP contribution in [0.5, 0.6) is 0 Å². The van der Waals surface area contributed by atoms with Gasteiger partial charge in [0, 0.05) is 21.8 Å². The molecule has 0 radical (unpaired) electrons. The van der Waals surface area contributed by atoms with Crippen molar-refractivity contribution in [2.45, 2.75) is 18.3 Å². The molecule has 1 nitrogen and oxygen atoms in total. The summed E-state index contributed by atoms with van der Waals surface area (Å²) in [7, 11) is 0. The van der Waals surface area contributed by atoms with Crippen molar-refractivity contribution in [3.05, 3.63) is 137 Å². The Morgan fingerprint density at radius 2 is 1.34 bits per heavy atom. The van der Waals surface area contributed by atoms with Gasteiger partial charge in [-0.1, -0.05) is 97.1 Å². The lowest BCUT2D eigenvalue weighted by Crippen LogP contribution is -2.29. The number of para-hydroxylation sites is 1. The summed E-state index contributed by atoms with van der Waals surface area (Å²) in [6.07, 6.45) is 6.94. The van der Waals surface area contributed by atoms with E-state index in [2.05, 4.69) is 114 Å². The molecule has 0 saturated carbocycles. The molecular formula is C31H23N. The fraction of sp³-hybridized carbons (Fsp3) is 0.0968. The summed E-state index contributed by atoms with van der Waals surface area (Å²) in [4.78, 5) is 3.67. The third kappa shape index (κ3) is 2.18. The molecule has 152 valence electrons. The minimum atomic E-state index is -0.295. The summed E-state index contributed by atoms with van der Waals surface area (Å²) < 4.78 is 0. The predicted octanol–water partition coefficient (Wildman–Crippen LogP) is 7.77. The van der Waals surface area contributed by atoms with E-state index >= 15 is 0 Å². The molecule has 0 atom stereocenters. The van der Waals surface area contributed by atoms with Crippen LogP contribution in [0.3, 0.4) is 0 Å². The largest absolute Gasteiger partial charge is 0.354 e. The average Bonchev–Trinajstić information content (AvgIpc) is 3.39. The third-order valence-corrected chi connectivity index (χ3v) is 7.37. The highest BCUT2D eigenvalue weighted by molar-refractivity contribution is 6.15. The lowest BCUT2D eigenvalue weighted by atomic mass is 9.66. The van der Waals surface area contributed by atoms with E-state index in [0.29, 0.717) is 0 Å². The van der Waals surface area contributed by atoms with E-state index in [1.807, 2.05) is 0 Å². The smallest absolute Gasteiger partial charge is 0.0710 e. The Kier molecular flexibility index (Phi) is 3.66. The second-order valence-corrected chi connectivity index (χ2v) is 8.90. The first kappa shape index (κ1) is 17.8. The van der Waals surface area contributed by atoms with Crippen molar-refractivity contribution in [1.82, 2.24) is 4.98 Å². The van der Waals surface area contributed by atoms with Gasteiger partial charge < -0.3 is 4.98 Å². The van der Waals surface area contributed by atoms with Crippen molar-refractivity contribution in [2.24, 2.45) is 0 Å². The highest BCUT2D eigenvalue weighted by atomic mass is 14.7. The summed E-state index contributed by atoms with van der Waals surface area (Å²) in [6.45, 7) is 0. The maximum Gasteiger partial charge on any atom is 0.0710 e. The zero-order chi connectivity index (χ0) is 21.1. The molecule has 1 aromatic heterocycles. The summed E-state index contributed by atoms with van der Waals surface area (Å²) in [5.41, 5.74) is 10.6. The topological polar surface area (TPSA) is 15.8 Å². The van der Waals surface area contributed by atoms with Gasteiger partial charge >= 0.3 is 0 Å². The van der Waals surface area contributed by atoms with Gasteiger partial charge in [0.1, 0.15) is 0 Å². The molecule has 0 bridgehead atoms. The van der Waals surface area contributed by atoms with Crippen molar-refractivity contribution in [3.8, 4) is 0 Å². The molecule has 5 aromatic rings. The predicted molar refractivity (Wildman–Crippen MR) is 134 cm³/mol. The van der Waals surface area contributed by atoms with Crippen molar-refractivity contribution in [2.75, 3.05) is 0 Å². The van der Waals surface area contributed by atoms with Crippen LogP contribution in [0.15, 0.2) is 115 Å². The monoisotopic (exact) mass is 409 g/mol. The van der Waals surface area contributed by atoms with Gasteiger partial charge in [0.2, 0.25) is 0 Å². The number of benzene rings is 4. The molecule has 0 unspecified atom stereocenters. The average molecular weight is 410 g/mol. The third-order valence-electron chi connectivity index (χ3n) is 7.37. The van der Waals surface area contributed by atoms with Crippen LogP contribution < -0.4 is 0 Å². The maximum absolute atomic E-state index is 3.67. The van der Waals surface area contributed by atoms with E-state index in [-0.39, 0.29) is 5.41 Å². The number of hydrogen-bond acceptors (Lipinski definition) is 0. The quantitative estimate of drug-likeness (QED) is 0.306. The van der Waals surface area contributed by atoms with Crippen LogP contribution in [-0.4, -0.2) is 4.98 Å². The molecule has 0 fully saturated rings. The van der Waals surface area contributed by atoms with Crippen molar-refractivity contribution in [3.63, 3.8) is 0 Å². The first-order valence-corrected chi connectivity index (χ1v) is 11.4. The van der Waals surface area contributed by atoms with E-state index in [9.17, 15) is 0 Å². The van der Waals surface area contributed by atoms with Crippen molar-refractivity contribution >= 4 is 27.4 Å². The Hall–Kier alpha value is -3.84. The molecule has 32 heavy (non-hydrogen) atoms. The molecule has 1 N–H and O–H groups in total. The van der Waals surface area contributed by atoms with Gasteiger partial charge in [-0.2, -0.15) is 0 Å². The molecule has 1 heteroatoms. The molecule has 0 aliphatic heterocycles. The molecular weight excluding hydrogens is 386 g/mol. The van der Waals surface area contributed by atoms with Crippen LogP contribution in [0, 0.1) is 0 Å². The van der Waals surface area contributed by atoms with Gasteiger partial charge in [-0.05, 0) is 58.4 Å². The van der Waals surface area contributed by atoms with Crippen LogP contribution in [0.25, 0.3) is 27.4 Å². The van der Waals surface area contributed by atoms with E-state index in [4.69, 9.17) is 0 Å². The van der Waals surface area contributed by atoms with Crippen LogP contribution in [0.4, 0.5) is 0 Å². The second-order valence-electron chi connectivity index (χ2n) is 8.90. The normalized spacial score (nSPS) is 16.5. The van der Waals surface area contributed by atoms with Crippen LogP contribution >= 0.6 is 0 Å². The lowest BCUT2D eigenvalue weighted by molar-refractivity contribution is 0.757. The lowest BCUT2D eigenvalue weighted by Gasteiger charge is -2.35. The summed E-state index contributed by atoms with van der Waals surface area (Å²) in [5.74, 6) is 0. The molecule has 4 aromatic carbocycles. The number of aromatic nitrogens is 1. The zero-order valence-corrected chi connectivity index (χ0v) is 17.8. The molecule has 0 spiro atoms. The molecule has 0 amide bonds. The standard InChI is InChI=1S/C31H23N/c1-3-11-21(12-4-1)31(22-13-5-2-6-14-22)25-17-9-7-15-23(25)29-26(31)19-20-28-30(29)24-16-8-10-18-27(24)32-28/h1-6,8-14,16-20,32H,7,15H2. The Morgan fingerprint density at radius 1 is 0.656 bits per heavy atom. The molecule has 7 rings (SSSR count). The van der Waals surface area contributed by atoms with Crippen LogP contribution in [0.1, 0.15) is 35.1 Å². The number of nitrogens with one attached hydrogen (secondary N) is 1. The van der Waals surface area contributed by atoms with Crippen LogP contribution in [-0.2, 0) is 5.41 Å². The van der Waals surface area contributed by atoms with Gasteiger partial charge in [-0.15, -0.1) is 0 Å². The molecule has 0 saturated heterocycles. The van der Waals surface area contributed by atoms with Gasteiger partial charge in [0.25, 0.3) is 0 Å². The number of hydrogen-bond donors (Lipinski definition) is 1. The minimum absolute atomic E-state index is 0.295. The second kappa shape index (κ2) is 6.58. The Labute approximate surface area is 187 Å². The first-order chi connectivity index (χ1) is 15.9. The summed E-state index contributed by atoms with van der Waals surface area (Å²) in [6, 6.07) is 35.5. The fourth-order valence-corrected chi connectivity index (χ4v) is 6.15. The maximum atomic E-state index is 3.67. The number of H-pyrrole nitrogens is 1. The fourth-order valence-electron chi connectivity index (χ4n) is 6.15.